The Hall–Kier alpha value is -0.740. The second-order valence-electron chi connectivity index (χ2n) is 1.90. The van der Waals surface area contributed by atoms with Crippen LogP contribution < -0.4 is 0 Å². The van der Waals surface area contributed by atoms with Crippen LogP contribution in [-0.4, -0.2) is 30.6 Å². The van der Waals surface area contributed by atoms with Gasteiger partial charge in [0.2, 0.25) is 0 Å². The Balaban J connectivity index is 2.74. The van der Waals surface area contributed by atoms with E-state index in [1.165, 1.54) is 7.05 Å². The van der Waals surface area contributed by atoms with E-state index in [0.717, 1.165) is 4.90 Å². The maximum Gasteiger partial charge on any atom is 0.363 e. The highest BCUT2D eigenvalue weighted by atomic mass is 19.3. The second kappa shape index (κ2) is 1.62. The van der Waals surface area contributed by atoms with Gasteiger partial charge in [-0.1, -0.05) is 0 Å². The zero-order chi connectivity index (χ0) is 7.07. The minimum absolute atomic E-state index is 0.654. The van der Waals surface area contributed by atoms with Gasteiger partial charge in [0.25, 0.3) is 6.09 Å². The Morgan fingerprint density at radius 1 is 1.67 bits per heavy atom. The third-order valence-corrected chi connectivity index (χ3v) is 0.998. The third-order valence-electron chi connectivity index (χ3n) is 0.998. The van der Waals surface area contributed by atoms with Crippen LogP contribution in [0.25, 0.3) is 0 Å². The molecule has 0 aliphatic carbocycles. The largest absolute Gasteiger partial charge is 0.363 e. The Kier molecular flexibility index (Phi) is 1.15. The molecule has 1 aliphatic rings. The average Bonchev–Trinajstić information content (AvgIpc) is 1.79. The highest BCUT2D eigenvalue weighted by molar-refractivity contribution is 5.74. The van der Waals surface area contributed by atoms with Gasteiger partial charge in [0.15, 0.2) is 0 Å². The van der Waals surface area contributed by atoms with Gasteiger partial charge in [0, 0.05) is 7.05 Å². The van der Waals surface area contributed by atoms with Crippen molar-refractivity contribution >= 4 is 6.09 Å². The van der Waals surface area contributed by atoms with Crippen LogP contribution in [0.2, 0.25) is 0 Å². The molecule has 0 aromatic carbocycles. The van der Waals surface area contributed by atoms with Crippen molar-refractivity contribution in [2.45, 2.75) is 6.05 Å². The molecule has 0 bridgehead atoms. The van der Waals surface area contributed by atoms with Crippen molar-refractivity contribution in [1.82, 2.24) is 4.90 Å². The number of aliphatic imine (C=N–C) groups is 1. The number of amidine groups is 1. The van der Waals surface area contributed by atoms with Gasteiger partial charge in [-0.3, -0.25) is 0 Å². The normalized spacial score (nSPS) is 24.4. The van der Waals surface area contributed by atoms with Gasteiger partial charge in [-0.05, 0) is 0 Å². The van der Waals surface area contributed by atoms with E-state index in [9.17, 15) is 13.2 Å². The highest BCUT2D eigenvalue weighted by Crippen LogP contribution is 2.22. The van der Waals surface area contributed by atoms with Crippen LogP contribution in [0.1, 0.15) is 0 Å². The minimum atomic E-state index is -3.22. The Morgan fingerprint density at radius 3 is 2.33 bits per heavy atom. The highest BCUT2D eigenvalue weighted by Gasteiger charge is 2.38. The first kappa shape index (κ1) is 6.38. The molecule has 2 nitrogen and oxygen atoms in total. The third kappa shape index (κ3) is 1.14. The van der Waals surface area contributed by atoms with E-state index in [0.29, 0.717) is 0 Å². The minimum Gasteiger partial charge on any atom is -0.328 e. The van der Waals surface area contributed by atoms with Gasteiger partial charge in [0.1, 0.15) is 6.54 Å². The van der Waals surface area contributed by atoms with E-state index in [4.69, 9.17) is 0 Å². The molecule has 9 heavy (non-hydrogen) atoms. The number of nitrogens with zero attached hydrogens (tertiary/aromatic N) is 2. The summed E-state index contributed by atoms with van der Waals surface area (Å²) in [5.74, 6) is 0. The number of likely N-dealkylation sites (N-methyl/N-ethyl adjacent to an activating group) is 1. The quantitative estimate of drug-likeness (QED) is 0.453. The molecule has 0 saturated heterocycles. The second-order valence-corrected chi connectivity index (χ2v) is 1.90. The molecular formula is C4H5F3N2. The summed E-state index contributed by atoms with van der Waals surface area (Å²) in [6.07, 6.45) is -1.10. The van der Waals surface area contributed by atoms with Gasteiger partial charge in [-0.15, -0.1) is 0 Å². The first-order chi connectivity index (χ1) is 4.01. The number of hydrogen-bond acceptors (Lipinski definition) is 2. The van der Waals surface area contributed by atoms with Crippen molar-refractivity contribution in [2.75, 3.05) is 13.6 Å². The van der Waals surface area contributed by atoms with Gasteiger partial charge in [-0.2, -0.15) is 18.2 Å². The standard InChI is InChI=1S/C4H5F3N2/c1-9-2-4(6,7)8-3(9)5/h2H2,1H3. The van der Waals surface area contributed by atoms with Crippen LogP contribution in [0.4, 0.5) is 13.2 Å². The smallest absolute Gasteiger partial charge is 0.328 e. The number of halogens is 3. The lowest BCUT2D eigenvalue weighted by molar-refractivity contribution is 0.0115. The van der Waals surface area contributed by atoms with Gasteiger partial charge >= 0.3 is 6.05 Å². The van der Waals surface area contributed by atoms with Crippen molar-refractivity contribution in [3.8, 4) is 0 Å². The number of hydrogen-bond donors (Lipinski definition) is 0. The predicted octanol–water partition coefficient (Wildman–Crippen LogP) is 0.850. The fourth-order valence-electron chi connectivity index (χ4n) is 0.606. The average molecular weight is 138 g/mol. The van der Waals surface area contributed by atoms with Crippen molar-refractivity contribution < 1.29 is 13.2 Å². The molecule has 5 heteroatoms. The molecule has 1 aliphatic heterocycles. The Labute approximate surface area is 50.0 Å². The monoisotopic (exact) mass is 138 g/mol. The Morgan fingerprint density at radius 2 is 2.22 bits per heavy atom. The molecule has 0 radical (unpaired) electrons. The molecule has 0 unspecified atom stereocenters. The van der Waals surface area contributed by atoms with E-state index >= 15 is 0 Å². The summed E-state index contributed by atoms with van der Waals surface area (Å²) in [5, 5.41) is 0. The molecule has 1 heterocycles. The van der Waals surface area contributed by atoms with Crippen LogP contribution in [0.15, 0.2) is 4.99 Å². The molecule has 1 rings (SSSR count). The lowest BCUT2D eigenvalue weighted by Gasteiger charge is -2.07. The SMILES string of the molecule is CN1CC(F)(F)N=C1F. The zero-order valence-electron chi connectivity index (χ0n) is 4.74. The first-order valence-electron chi connectivity index (χ1n) is 2.35. The summed E-state index contributed by atoms with van der Waals surface area (Å²) in [6, 6.07) is -3.22. The number of rotatable bonds is 0. The fourth-order valence-corrected chi connectivity index (χ4v) is 0.606. The van der Waals surface area contributed by atoms with Crippen LogP contribution in [0.5, 0.6) is 0 Å². The molecule has 0 fully saturated rings. The molecule has 0 amide bonds. The van der Waals surface area contributed by atoms with Crippen LogP contribution in [-0.2, 0) is 0 Å². The molecule has 0 saturated carbocycles. The Bertz CT molecular complexity index is 154. The van der Waals surface area contributed by atoms with E-state index in [2.05, 4.69) is 4.99 Å². The first-order valence-corrected chi connectivity index (χ1v) is 2.35. The fraction of sp³-hybridized carbons (Fsp3) is 0.750. The summed E-state index contributed by atoms with van der Waals surface area (Å²) < 4.78 is 36.0. The summed E-state index contributed by atoms with van der Waals surface area (Å²) in [4.78, 5) is 3.21. The van der Waals surface area contributed by atoms with E-state index in [1.807, 2.05) is 0 Å². The molecule has 0 N–H and O–H groups in total. The van der Waals surface area contributed by atoms with Crippen molar-refractivity contribution in [1.29, 1.82) is 0 Å². The lowest BCUT2D eigenvalue weighted by atomic mass is 10.6. The summed E-state index contributed by atoms with van der Waals surface area (Å²) >= 11 is 0. The summed E-state index contributed by atoms with van der Waals surface area (Å²) in [7, 11) is 1.22. The van der Waals surface area contributed by atoms with Gasteiger partial charge < -0.3 is 4.90 Å². The van der Waals surface area contributed by atoms with Crippen molar-refractivity contribution in [3.63, 3.8) is 0 Å². The summed E-state index contributed by atoms with van der Waals surface area (Å²) in [6.45, 7) is -0.654. The molecule has 0 aromatic heterocycles. The van der Waals surface area contributed by atoms with E-state index in [-0.39, 0.29) is 0 Å². The maximum absolute atomic E-state index is 12.0. The van der Waals surface area contributed by atoms with Crippen molar-refractivity contribution in [2.24, 2.45) is 4.99 Å². The van der Waals surface area contributed by atoms with Crippen LogP contribution in [0, 0.1) is 0 Å². The lowest BCUT2D eigenvalue weighted by Crippen LogP contribution is -2.25. The van der Waals surface area contributed by atoms with E-state index < -0.39 is 18.7 Å². The zero-order valence-corrected chi connectivity index (χ0v) is 4.74. The molecule has 0 spiro atoms. The van der Waals surface area contributed by atoms with E-state index in [1.54, 1.807) is 0 Å². The predicted molar refractivity (Wildman–Crippen MR) is 26.1 cm³/mol. The van der Waals surface area contributed by atoms with Crippen LogP contribution >= 0.6 is 0 Å². The van der Waals surface area contributed by atoms with Crippen LogP contribution in [0.3, 0.4) is 0 Å². The maximum atomic E-state index is 12.0. The molecule has 0 atom stereocenters. The molecule has 0 aromatic rings. The molecular weight excluding hydrogens is 133 g/mol. The molecule has 52 valence electrons. The van der Waals surface area contributed by atoms with Gasteiger partial charge in [0.05, 0.1) is 0 Å². The topological polar surface area (TPSA) is 15.6 Å². The van der Waals surface area contributed by atoms with Gasteiger partial charge in [-0.25, -0.2) is 0 Å². The van der Waals surface area contributed by atoms with Crippen molar-refractivity contribution in [3.05, 3.63) is 0 Å². The summed E-state index contributed by atoms with van der Waals surface area (Å²) in [5.41, 5.74) is 0. The number of alkyl halides is 2.